The minimum Gasteiger partial charge on any atom is -0.490 e. The first-order valence-corrected chi connectivity index (χ1v) is 13.7. The number of urea groups is 1. The number of benzene rings is 3. The Morgan fingerprint density at radius 2 is 1.69 bits per heavy atom. The maximum Gasteiger partial charge on any atom is 0.337 e. The summed E-state index contributed by atoms with van der Waals surface area (Å²) in [5.41, 5.74) is 2.21. The van der Waals surface area contributed by atoms with Gasteiger partial charge in [-0.1, -0.05) is 17.7 Å². The van der Waals surface area contributed by atoms with Crippen LogP contribution in [0.15, 0.2) is 66.2 Å². The topological polar surface area (TPSA) is 140 Å². The second kappa shape index (κ2) is 13.3. The van der Waals surface area contributed by atoms with Crippen molar-refractivity contribution in [1.29, 1.82) is 0 Å². The molecule has 1 aliphatic rings. The number of anilines is 2. The van der Waals surface area contributed by atoms with Gasteiger partial charge in [0.25, 0.3) is 17.7 Å². The molecule has 2 N–H and O–H groups in total. The molecule has 1 saturated heterocycles. The number of hydrogen-bond acceptors (Lipinski definition) is 8. The van der Waals surface area contributed by atoms with Gasteiger partial charge in [0.2, 0.25) is 0 Å². The summed E-state index contributed by atoms with van der Waals surface area (Å²) in [5, 5.41) is 4.93. The van der Waals surface area contributed by atoms with Crippen LogP contribution < -0.4 is 25.0 Å². The van der Waals surface area contributed by atoms with E-state index in [0.717, 1.165) is 10.5 Å². The van der Waals surface area contributed by atoms with Crippen molar-refractivity contribution in [3.8, 4) is 11.5 Å². The number of hydrogen-bond donors (Lipinski definition) is 2. The summed E-state index contributed by atoms with van der Waals surface area (Å²) < 4.78 is 16.8. The minimum atomic E-state index is -0.926. The van der Waals surface area contributed by atoms with E-state index in [1.165, 1.54) is 37.5 Å². The van der Waals surface area contributed by atoms with Crippen molar-refractivity contribution < 1.29 is 38.2 Å². The molecule has 42 heavy (non-hydrogen) atoms. The van der Waals surface area contributed by atoms with E-state index < -0.39 is 23.8 Å². The molecule has 0 radical (unpaired) electrons. The van der Waals surface area contributed by atoms with Crippen LogP contribution in [0.25, 0.3) is 6.08 Å². The molecule has 0 aliphatic carbocycles. The van der Waals surface area contributed by atoms with Gasteiger partial charge in [-0.15, -0.1) is 0 Å². The highest BCUT2D eigenvalue weighted by Gasteiger charge is 2.37. The molecule has 0 unspecified atom stereocenters. The number of carbonyl (C=O) groups excluding carboxylic acids is 5. The molecule has 1 fully saturated rings. The van der Waals surface area contributed by atoms with Crippen molar-refractivity contribution >= 4 is 69.8 Å². The smallest absolute Gasteiger partial charge is 0.337 e. The number of carbonyl (C=O) groups is 5. The molecular formula is C30H26IN3O8. The number of ether oxygens (including phenoxy) is 3. The molecule has 0 atom stereocenters. The van der Waals surface area contributed by atoms with Gasteiger partial charge in [-0.25, -0.2) is 14.5 Å². The molecule has 11 nitrogen and oxygen atoms in total. The molecule has 0 bridgehead atoms. The summed E-state index contributed by atoms with van der Waals surface area (Å²) >= 11 is 2.00. The van der Waals surface area contributed by atoms with Gasteiger partial charge in [-0.05, 0) is 96.6 Å². The highest BCUT2D eigenvalue weighted by Crippen LogP contribution is 2.35. The molecule has 1 aliphatic heterocycles. The van der Waals surface area contributed by atoms with E-state index in [1.807, 2.05) is 41.6 Å². The predicted octanol–water partition coefficient (Wildman–Crippen LogP) is 4.47. The van der Waals surface area contributed by atoms with Gasteiger partial charge in [0.05, 0.1) is 28.5 Å². The van der Waals surface area contributed by atoms with Crippen molar-refractivity contribution in [1.82, 2.24) is 5.32 Å². The first-order valence-electron chi connectivity index (χ1n) is 12.7. The zero-order valence-corrected chi connectivity index (χ0v) is 25.0. The third-order valence-electron chi connectivity index (χ3n) is 5.97. The van der Waals surface area contributed by atoms with Crippen molar-refractivity contribution in [2.45, 2.75) is 13.8 Å². The van der Waals surface area contributed by atoms with Gasteiger partial charge >= 0.3 is 12.0 Å². The summed E-state index contributed by atoms with van der Waals surface area (Å²) in [6, 6.07) is 15.2. The van der Waals surface area contributed by atoms with E-state index in [2.05, 4.69) is 15.4 Å². The number of nitrogens with zero attached hydrogens (tertiary/aromatic N) is 1. The largest absolute Gasteiger partial charge is 0.490 e. The molecule has 5 amide bonds. The number of imide groups is 2. The molecule has 4 rings (SSSR count). The Labute approximate surface area is 254 Å². The van der Waals surface area contributed by atoms with E-state index in [9.17, 15) is 24.0 Å². The zero-order chi connectivity index (χ0) is 30.4. The fourth-order valence-electron chi connectivity index (χ4n) is 3.97. The first-order chi connectivity index (χ1) is 20.1. The Hall–Kier alpha value is -4.72. The van der Waals surface area contributed by atoms with Crippen LogP contribution in [0.4, 0.5) is 16.2 Å². The second-order valence-electron chi connectivity index (χ2n) is 8.96. The van der Waals surface area contributed by atoms with Gasteiger partial charge < -0.3 is 19.5 Å². The summed E-state index contributed by atoms with van der Waals surface area (Å²) in [6.07, 6.45) is 1.33. The maximum absolute atomic E-state index is 13.3. The van der Waals surface area contributed by atoms with Gasteiger partial charge in [0, 0.05) is 5.69 Å². The van der Waals surface area contributed by atoms with Crippen molar-refractivity contribution in [2.24, 2.45) is 0 Å². The maximum atomic E-state index is 13.3. The van der Waals surface area contributed by atoms with Crippen molar-refractivity contribution in [3.05, 3.63) is 86.5 Å². The highest BCUT2D eigenvalue weighted by molar-refractivity contribution is 14.1. The van der Waals surface area contributed by atoms with E-state index in [1.54, 1.807) is 31.2 Å². The Bertz CT molecular complexity index is 1580. The Morgan fingerprint density at radius 3 is 2.33 bits per heavy atom. The van der Waals surface area contributed by atoms with Crippen LogP contribution in [0.2, 0.25) is 0 Å². The number of halogens is 1. The molecule has 3 aromatic carbocycles. The average Bonchev–Trinajstić information content (AvgIpc) is 2.96. The number of aryl methyl sites for hydroxylation is 1. The monoisotopic (exact) mass is 683 g/mol. The van der Waals surface area contributed by atoms with Crippen molar-refractivity contribution in [2.75, 3.05) is 30.5 Å². The summed E-state index contributed by atoms with van der Waals surface area (Å²) in [5.74, 6) is -2.04. The molecule has 0 spiro atoms. The van der Waals surface area contributed by atoms with Crippen LogP contribution in [-0.2, 0) is 19.1 Å². The van der Waals surface area contributed by atoms with E-state index >= 15 is 0 Å². The van der Waals surface area contributed by atoms with Gasteiger partial charge in [-0.3, -0.25) is 19.7 Å². The normalized spacial score (nSPS) is 14.0. The summed E-state index contributed by atoms with van der Waals surface area (Å²) in [4.78, 5) is 63.6. The third kappa shape index (κ3) is 6.94. The number of barbiturate groups is 1. The second-order valence-corrected chi connectivity index (χ2v) is 10.1. The van der Waals surface area contributed by atoms with Crippen LogP contribution >= 0.6 is 22.6 Å². The summed E-state index contributed by atoms with van der Waals surface area (Å²) in [6.45, 7) is 3.73. The highest BCUT2D eigenvalue weighted by atomic mass is 127. The molecule has 216 valence electrons. The minimum absolute atomic E-state index is 0.154. The lowest BCUT2D eigenvalue weighted by atomic mass is 10.1. The fourth-order valence-corrected chi connectivity index (χ4v) is 4.75. The number of methoxy groups -OCH3 is 1. The number of esters is 1. The average molecular weight is 683 g/mol. The predicted molar refractivity (Wildman–Crippen MR) is 162 cm³/mol. The van der Waals surface area contributed by atoms with Gasteiger partial charge in [-0.2, -0.15) is 0 Å². The SMILES string of the molecule is CCOc1cc(/C=C2\C(=O)NC(=O)N(c3ccc(C(=O)OC)cc3)C2=O)cc(I)c1OCC(=O)Nc1ccc(C)cc1. The van der Waals surface area contributed by atoms with Crippen LogP contribution in [0.5, 0.6) is 11.5 Å². The molecule has 12 heteroatoms. The number of nitrogens with one attached hydrogen (secondary N) is 2. The Morgan fingerprint density at radius 1 is 1.00 bits per heavy atom. The quantitative estimate of drug-likeness (QED) is 0.146. The van der Waals surface area contributed by atoms with Crippen LogP contribution in [0.3, 0.4) is 0 Å². The van der Waals surface area contributed by atoms with E-state index in [0.29, 0.717) is 26.3 Å². The van der Waals surface area contributed by atoms with Crippen LogP contribution in [-0.4, -0.2) is 50.0 Å². The van der Waals surface area contributed by atoms with Gasteiger partial charge in [0.1, 0.15) is 5.57 Å². The fraction of sp³-hybridized carbons (Fsp3) is 0.167. The van der Waals surface area contributed by atoms with Crippen LogP contribution in [0.1, 0.15) is 28.4 Å². The van der Waals surface area contributed by atoms with E-state index in [4.69, 9.17) is 9.47 Å². The number of rotatable bonds is 9. The molecule has 0 saturated carbocycles. The van der Waals surface area contributed by atoms with E-state index in [-0.39, 0.29) is 35.9 Å². The Balaban J connectivity index is 1.57. The third-order valence-corrected chi connectivity index (χ3v) is 6.78. The zero-order valence-electron chi connectivity index (χ0n) is 22.9. The molecule has 1 heterocycles. The Kier molecular flexibility index (Phi) is 9.57. The number of amides is 5. The molecular weight excluding hydrogens is 657 g/mol. The van der Waals surface area contributed by atoms with Gasteiger partial charge in [0.15, 0.2) is 18.1 Å². The lowest BCUT2D eigenvalue weighted by Gasteiger charge is -2.26. The lowest BCUT2D eigenvalue weighted by Crippen LogP contribution is -2.54. The summed E-state index contributed by atoms with van der Waals surface area (Å²) in [7, 11) is 1.24. The van der Waals surface area contributed by atoms with Crippen LogP contribution in [0, 0.1) is 10.5 Å². The lowest BCUT2D eigenvalue weighted by molar-refractivity contribution is -0.122. The standard InChI is InChI=1S/C30H26IN3O8/c1-4-41-24-15-18(14-23(31)26(24)42-16-25(35)32-20-9-5-17(2)6-10-20)13-22-27(36)33-30(39)34(28(22)37)21-11-7-19(8-12-21)29(38)40-3/h5-15H,4,16H2,1-3H3,(H,32,35)(H,33,36,39)/b22-13+. The molecule has 3 aromatic rings. The van der Waals surface area contributed by atoms with Crippen molar-refractivity contribution in [3.63, 3.8) is 0 Å². The molecule has 0 aromatic heterocycles. The first kappa shape index (κ1) is 30.2.